The van der Waals surface area contributed by atoms with E-state index in [4.69, 9.17) is 9.72 Å². The standard InChI is InChI=1S/C37H45BrN11O2P/c1-47-23-24(21-43-47)27-19-31(33(51-26-5-4-6-26)20-32(27)49-15-9-25(10-16-49)48-17-13-39-14-18-48)45-37-42-22-28(38)36(46-37)44-30-8-7-29-34(41-12-11-40-29)35(30)52(2,3)50/h7-8,11-12,19-23,25-26,39H,4-6,9-10,13-18H2,1-3H3,(H2,42,44,45,46). The molecule has 8 rings (SSSR count). The van der Waals surface area contributed by atoms with E-state index in [2.05, 4.69) is 80.1 Å². The molecule has 3 fully saturated rings. The van der Waals surface area contributed by atoms with Gasteiger partial charge in [-0.3, -0.25) is 19.5 Å². The first kappa shape index (κ1) is 35.0. The predicted molar refractivity (Wildman–Crippen MR) is 212 cm³/mol. The Hall–Kier alpha value is -4.10. The fraction of sp³-hybridized carbons (Fsp3) is 0.432. The third-order valence-electron chi connectivity index (χ3n) is 10.3. The number of aryl methyl sites for hydroxylation is 1. The zero-order valence-electron chi connectivity index (χ0n) is 29.8. The van der Waals surface area contributed by atoms with Crippen LogP contribution < -0.4 is 30.9 Å². The molecule has 0 spiro atoms. The van der Waals surface area contributed by atoms with E-state index < -0.39 is 7.14 Å². The minimum atomic E-state index is -2.77. The van der Waals surface area contributed by atoms with Gasteiger partial charge in [0.2, 0.25) is 5.95 Å². The molecule has 2 aromatic carbocycles. The van der Waals surface area contributed by atoms with Gasteiger partial charge in [-0.15, -0.1) is 0 Å². The molecule has 1 aliphatic carbocycles. The van der Waals surface area contributed by atoms with Gasteiger partial charge in [0.15, 0.2) is 0 Å². The summed E-state index contributed by atoms with van der Waals surface area (Å²) in [4.78, 5) is 23.7. The molecule has 15 heteroatoms. The molecule has 0 atom stereocenters. The number of ether oxygens (including phenoxy) is 1. The van der Waals surface area contributed by atoms with Crippen LogP contribution in [0.1, 0.15) is 32.1 Å². The average molecular weight is 787 g/mol. The third kappa shape index (κ3) is 7.39. The van der Waals surface area contributed by atoms with Gasteiger partial charge in [-0.25, -0.2) is 4.98 Å². The van der Waals surface area contributed by atoms with Gasteiger partial charge in [0.25, 0.3) is 0 Å². The van der Waals surface area contributed by atoms with Crippen LogP contribution in [0.15, 0.2) is 59.7 Å². The highest BCUT2D eigenvalue weighted by Crippen LogP contribution is 2.44. The first-order valence-electron chi connectivity index (χ1n) is 18.1. The highest BCUT2D eigenvalue weighted by Gasteiger charge is 2.29. The number of aromatic nitrogens is 6. The maximum atomic E-state index is 13.6. The molecule has 272 valence electrons. The molecule has 0 unspecified atom stereocenters. The van der Waals surface area contributed by atoms with Gasteiger partial charge in [-0.2, -0.15) is 10.1 Å². The van der Waals surface area contributed by atoms with Crippen molar-refractivity contribution in [1.82, 2.24) is 39.9 Å². The number of nitrogens with zero attached hydrogens (tertiary/aromatic N) is 8. The minimum Gasteiger partial charge on any atom is -0.488 e. The summed E-state index contributed by atoms with van der Waals surface area (Å²) in [6.07, 6.45) is 14.6. The van der Waals surface area contributed by atoms with Crippen molar-refractivity contribution in [1.29, 1.82) is 0 Å². The van der Waals surface area contributed by atoms with E-state index in [0.717, 1.165) is 93.2 Å². The molecular formula is C37H45BrN11O2P. The zero-order chi connectivity index (χ0) is 35.8. The first-order valence-corrected chi connectivity index (χ1v) is 21.5. The number of halogens is 1. The summed E-state index contributed by atoms with van der Waals surface area (Å²) in [5.74, 6) is 1.70. The van der Waals surface area contributed by atoms with Crippen LogP contribution >= 0.6 is 23.1 Å². The Balaban J connectivity index is 1.13. The van der Waals surface area contributed by atoms with Gasteiger partial charge in [0, 0.05) is 100 Å². The number of piperazine rings is 1. The second kappa shape index (κ2) is 14.7. The summed E-state index contributed by atoms with van der Waals surface area (Å²) in [6, 6.07) is 8.73. The van der Waals surface area contributed by atoms with Crippen molar-refractivity contribution in [3.63, 3.8) is 0 Å². The molecule has 5 aromatic rings. The normalized spacial score (nSPS) is 17.7. The molecule has 0 amide bonds. The van der Waals surface area contributed by atoms with Gasteiger partial charge >= 0.3 is 0 Å². The molecule has 3 aromatic heterocycles. The molecule has 2 aliphatic heterocycles. The van der Waals surface area contributed by atoms with Crippen molar-refractivity contribution in [2.45, 2.75) is 44.2 Å². The Morgan fingerprint density at radius 2 is 1.73 bits per heavy atom. The zero-order valence-corrected chi connectivity index (χ0v) is 32.3. The molecule has 3 N–H and O–H groups in total. The lowest BCUT2D eigenvalue weighted by Crippen LogP contribution is -2.52. The Morgan fingerprint density at radius 1 is 0.942 bits per heavy atom. The fourth-order valence-electron chi connectivity index (χ4n) is 7.44. The van der Waals surface area contributed by atoms with Crippen LogP contribution in [0.5, 0.6) is 5.75 Å². The molecule has 1 saturated carbocycles. The van der Waals surface area contributed by atoms with Crippen LogP contribution in [0.4, 0.5) is 28.8 Å². The monoisotopic (exact) mass is 785 g/mol. The highest BCUT2D eigenvalue weighted by atomic mass is 79.9. The maximum Gasteiger partial charge on any atom is 0.229 e. The van der Waals surface area contributed by atoms with Gasteiger partial charge in [-0.05, 0) is 79.6 Å². The Kier molecular flexibility index (Phi) is 9.90. The van der Waals surface area contributed by atoms with Crippen molar-refractivity contribution in [2.24, 2.45) is 7.05 Å². The van der Waals surface area contributed by atoms with E-state index in [1.54, 1.807) is 31.9 Å². The predicted octanol–water partition coefficient (Wildman–Crippen LogP) is 6.12. The van der Waals surface area contributed by atoms with Crippen molar-refractivity contribution >= 4 is 68.2 Å². The average Bonchev–Trinajstić information content (AvgIpc) is 3.57. The van der Waals surface area contributed by atoms with Crippen LogP contribution in [0.3, 0.4) is 0 Å². The van der Waals surface area contributed by atoms with Crippen molar-refractivity contribution in [3.05, 3.63) is 59.7 Å². The lowest BCUT2D eigenvalue weighted by atomic mass is 9.95. The SMILES string of the molecule is Cn1cc(-c2cc(Nc3ncc(Br)c(Nc4ccc5nccnc5c4P(C)(C)=O)n3)c(OC3CCC3)cc2N2CCC(N3CCNCC3)CC2)cn1. The smallest absolute Gasteiger partial charge is 0.229 e. The van der Waals surface area contributed by atoms with Crippen LogP contribution in [-0.2, 0) is 11.6 Å². The van der Waals surface area contributed by atoms with E-state index in [-0.39, 0.29) is 6.10 Å². The Morgan fingerprint density at radius 3 is 2.44 bits per heavy atom. The lowest BCUT2D eigenvalue weighted by molar-refractivity contribution is 0.121. The number of anilines is 5. The van der Waals surface area contributed by atoms with Crippen molar-refractivity contribution in [2.75, 3.05) is 68.1 Å². The number of nitrogens with one attached hydrogen (secondary N) is 3. The molecule has 3 aliphatic rings. The fourth-order valence-corrected chi connectivity index (χ4v) is 9.12. The number of fused-ring (bicyclic) bond motifs is 1. The van der Waals surface area contributed by atoms with Crippen LogP contribution in [0.25, 0.3) is 22.2 Å². The van der Waals surface area contributed by atoms with Gasteiger partial charge in [-0.1, -0.05) is 0 Å². The van der Waals surface area contributed by atoms with Gasteiger partial charge in [0.05, 0.1) is 39.0 Å². The molecule has 5 heterocycles. The lowest BCUT2D eigenvalue weighted by Gasteiger charge is -2.41. The minimum absolute atomic E-state index is 0.173. The molecule has 2 saturated heterocycles. The second-order valence-corrected chi connectivity index (χ2v) is 18.3. The Labute approximate surface area is 312 Å². The molecule has 0 bridgehead atoms. The van der Waals surface area contributed by atoms with E-state index in [1.807, 2.05) is 30.1 Å². The summed E-state index contributed by atoms with van der Waals surface area (Å²) < 4.78 is 22.8. The van der Waals surface area contributed by atoms with Gasteiger partial charge < -0.3 is 30.2 Å². The molecule has 52 heavy (non-hydrogen) atoms. The number of piperidine rings is 1. The number of hydrogen-bond donors (Lipinski definition) is 3. The number of hydrogen-bond acceptors (Lipinski definition) is 12. The number of benzene rings is 2. The Bertz CT molecular complexity index is 2120. The first-order chi connectivity index (χ1) is 25.2. The molecule has 0 radical (unpaired) electrons. The van der Waals surface area contributed by atoms with E-state index in [0.29, 0.717) is 44.3 Å². The van der Waals surface area contributed by atoms with Crippen LogP contribution in [0.2, 0.25) is 0 Å². The van der Waals surface area contributed by atoms with Gasteiger partial charge in [0.1, 0.15) is 24.2 Å². The largest absolute Gasteiger partial charge is 0.488 e. The summed E-state index contributed by atoms with van der Waals surface area (Å²) in [6.45, 7) is 9.83. The third-order valence-corrected chi connectivity index (χ3v) is 12.4. The summed E-state index contributed by atoms with van der Waals surface area (Å²) in [5, 5.41) is 15.6. The second-order valence-electron chi connectivity index (χ2n) is 14.3. The highest BCUT2D eigenvalue weighted by molar-refractivity contribution is 9.10. The summed E-state index contributed by atoms with van der Waals surface area (Å²) in [7, 11) is -0.823. The maximum absolute atomic E-state index is 13.6. The van der Waals surface area contributed by atoms with Crippen molar-refractivity contribution < 1.29 is 9.30 Å². The van der Waals surface area contributed by atoms with Crippen LogP contribution in [0, 0.1) is 0 Å². The van der Waals surface area contributed by atoms with Crippen molar-refractivity contribution in [3.8, 4) is 16.9 Å². The summed E-state index contributed by atoms with van der Waals surface area (Å²) in [5.41, 5.74) is 6.01. The van der Waals surface area contributed by atoms with E-state index in [9.17, 15) is 4.57 Å². The van der Waals surface area contributed by atoms with E-state index >= 15 is 0 Å². The molecular weight excluding hydrogens is 741 g/mol. The van der Waals surface area contributed by atoms with Crippen LogP contribution in [-0.4, -0.2) is 99.4 Å². The topological polar surface area (TPSA) is 138 Å². The molecule has 13 nitrogen and oxygen atoms in total. The van der Waals surface area contributed by atoms with E-state index in [1.165, 1.54) is 6.42 Å². The number of rotatable bonds is 10. The summed E-state index contributed by atoms with van der Waals surface area (Å²) >= 11 is 3.63. The quantitative estimate of drug-likeness (QED) is 0.141.